The molecular formula is C17H18N2O3S2. The molecule has 0 spiro atoms. The summed E-state index contributed by atoms with van der Waals surface area (Å²) in [5, 5.41) is 4.10. The van der Waals surface area contributed by atoms with Crippen molar-refractivity contribution in [2.45, 2.75) is 20.0 Å². The van der Waals surface area contributed by atoms with Gasteiger partial charge < -0.3 is 14.4 Å². The van der Waals surface area contributed by atoms with Crippen LogP contribution in [0.1, 0.15) is 11.9 Å². The molecule has 1 fully saturated rings. The number of morpholine rings is 1. The Morgan fingerprint density at radius 1 is 1.54 bits per heavy atom. The second-order valence-corrected chi connectivity index (χ2v) is 8.08. The summed E-state index contributed by atoms with van der Waals surface area (Å²) in [7, 11) is 0. The summed E-state index contributed by atoms with van der Waals surface area (Å²) >= 11 is 3.31. The summed E-state index contributed by atoms with van der Waals surface area (Å²) in [6.45, 7) is 5.90. The van der Waals surface area contributed by atoms with E-state index in [1.807, 2.05) is 36.3 Å². The highest BCUT2D eigenvalue weighted by Crippen LogP contribution is 2.38. The number of rotatable bonds is 3. The fourth-order valence-electron chi connectivity index (χ4n) is 2.98. The third kappa shape index (κ3) is 2.87. The maximum absolute atomic E-state index is 12.4. The molecule has 0 bridgehead atoms. The smallest absolute Gasteiger partial charge is 0.260 e. The van der Waals surface area contributed by atoms with E-state index < -0.39 is 0 Å². The first-order chi connectivity index (χ1) is 11.6. The Kier molecular flexibility index (Phi) is 4.15. The van der Waals surface area contributed by atoms with Gasteiger partial charge in [-0.05, 0) is 25.3 Å². The highest BCUT2D eigenvalue weighted by Gasteiger charge is 2.22. The van der Waals surface area contributed by atoms with Crippen molar-refractivity contribution in [1.29, 1.82) is 0 Å². The molecule has 1 aliphatic heterocycles. The summed E-state index contributed by atoms with van der Waals surface area (Å²) < 4.78 is 13.6. The van der Waals surface area contributed by atoms with Crippen LogP contribution < -0.4 is 4.74 Å². The SMILES string of the molecule is Cc1nc2c(cc(OCC(=O)N3CCOC(C)C3)c3ccsc32)s1. The molecule has 0 saturated carbocycles. The van der Waals surface area contributed by atoms with E-state index in [0.29, 0.717) is 19.7 Å². The Labute approximate surface area is 147 Å². The van der Waals surface area contributed by atoms with Gasteiger partial charge in [0.2, 0.25) is 0 Å². The zero-order valence-corrected chi connectivity index (χ0v) is 15.2. The number of hydrogen-bond donors (Lipinski definition) is 0. The first kappa shape index (κ1) is 15.8. The van der Waals surface area contributed by atoms with Gasteiger partial charge in [0.05, 0.1) is 32.6 Å². The van der Waals surface area contributed by atoms with E-state index in [1.165, 1.54) is 0 Å². The topological polar surface area (TPSA) is 51.7 Å². The van der Waals surface area contributed by atoms with E-state index >= 15 is 0 Å². The molecule has 0 N–H and O–H groups in total. The van der Waals surface area contributed by atoms with Crippen LogP contribution >= 0.6 is 22.7 Å². The van der Waals surface area contributed by atoms with Crippen LogP contribution in [0, 0.1) is 6.92 Å². The molecule has 0 aliphatic carbocycles. The molecule has 2 aromatic heterocycles. The lowest BCUT2D eigenvalue weighted by molar-refractivity contribution is -0.140. The monoisotopic (exact) mass is 362 g/mol. The molecule has 1 unspecified atom stereocenters. The molecule has 3 heterocycles. The normalized spacial score (nSPS) is 18.4. The minimum Gasteiger partial charge on any atom is -0.483 e. The Bertz CT molecular complexity index is 902. The molecule has 1 amide bonds. The Balaban J connectivity index is 1.57. The molecule has 1 aliphatic rings. The number of hydrogen-bond acceptors (Lipinski definition) is 6. The van der Waals surface area contributed by atoms with Crippen molar-refractivity contribution in [1.82, 2.24) is 9.88 Å². The van der Waals surface area contributed by atoms with Crippen LogP contribution in [0.5, 0.6) is 5.75 Å². The van der Waals surface area contributed by atoms with Crippen molar-refractivity contribution in [3.05, 3.63) is 22.5 Å². The van der Waals surface area contributed by atoms with Gasteiger partial charge in [-0.25, -0.2) is 4.98 Å². The molecule has 1 atom stereocenters. The Morgan fingerprint density at radius 2 is 2.42 bits per heavy atom. The number of fused-ring (bicyclic) bond motifs is 3. The average Bonchev–Trinajstić information content (AvgIpc) is 3.17. The van der Waals surface area contributed by atoms with Crippen LogP contribution in [0.3, 0.4) is 0 Å². The molecule has 0 radical (unpaired) electrons. The van der Waals surface area contributed by atoms with Crippen molar-refractivity contribution >= 4 is 48.9 Å². The van der Waals surface area contributed by atoms with Gasteiger partial charge in [0, 0.05) is 24.5 Å². The van der Waals surface area contributed by atoms with Gasteiger partial charge in [0.1, 0.15) is 5.75 Å². The third-order valence-electron chi connectivity index (χ3n) is 4.11. The number of thiophene rings is 1. The van der Waals surface area contributed by atoms with Crippen LogP contribution in [-0.2, 0) is 9.53 Å². The first-order valence-corrected chi connectivity index (χ1v) is 9.61. The lowest BCUT2D eigenvalue weighted by atomic mass is 10.2. The predicted molar refractivity (Wildman–Crippen MR) is 97.2 cm³/mol. The molecule has 1 aromatic carbocycles. The summed E-state index contributed by atoms with van der Waals surface area (Å²) in [5.74, 6) is 0.770. The van der Waals surface area contributed by atoms with E-state index in [2.05, 4.69) is 4.98 Å². The lowest BCUT2D eigenvalue weighted by Gasteiger charge is -2.31. The molecule has 1 saturated heterocycles. The number of aromatic nitrogens is 1. The van der Waals surface area contributed by atoms with Gasteiger partial charge in [-0.1, -0.05) is 0 Å². The Morgan fingerprint density at radius 3 is 3.25 bits per heavy atom. The number of benzene rings is 1. The number of amides is 1. The maximum Gasteiger partial charge on any atom is 0.260 e. The van der Waals surface area contributed by atoms with E-state index in [1.54, 1.807) is 22.7 Å². The van der Waals surface area contributed by atoms with E-state index in [-0.39, 0.29) is 18.6 Å². The number of nitrogens with zero attached hydrogens (tertiary/aromatic N) is 2. The standard InChI is InChI=1S/C17H18N2O3S2/c1-10-8-19(4-5-21-10)15(20)9-22-13-7-14-16(18-11(2)24-14)17-12(13)3-6-23-17/h3,6-7,10H,4-5,8-9H2,1-2H3. The van der Waals surface area contributed by atoms with E-state index in [4.69, 9.17) is 9.47 Å². The fourth-order valence-corrected chi connectivity index (χ4v) is 4.82. The average molecular weight is 362 g/mol. The van der Waals surface area contributed by atoms with E-state index in [0.717, 1.165) is 31.1 Å². The number of carbonyl (C=O) groups is 1. The van der Waals surface area contributed by atoms with Gasteiger partial charge in [0.15, 0.2) is 6.61 Å². The number of thiazole rings is 1. The van der Waals surface area contributed by atoms with Gasteiger partial charge in [0.25, 0.3) is 5.91 Å². The van der Waals surface area contributed by atoms with Crippen molar-refractivity contribution in [3.8, 4) is 5.75 Å². The van der Waals surface area contributed by atoms with Crippen LogP contribution in [-0.4, -0.2) is 48.2 Å². The predicted octanol–water partition coefficient (Wildman–Crippen LogP) is 3.45. The zero-order valence-electron chi connectivity index (χ0n) is 13.6. The minimum atomic E-state index is 0.00844. The maximum atomic E-state index is 12.4. The van der Waals surface area contributed by atoms with Gasteiger partial charge >= 0.3 is 0 Å². The second-order valence-electron chi connectivity index (χ2n) is 5.93. The number of carbonyl (C=O) groups excluding carboxylic acids is 1. The molecule has 7 heteroatoms. The second kappa shape index (κ2) is 6.31. The van der Waals surface area contributed by atoms with Crippen molar-refractivity contribution in [2.24, 2.45) is 0 Å². The quantitative estimate of drug-likeness (QED) is 0.716. The molecule has 4 rings (SSSR count). The molecule has 3 aromatic rings. The molecular weight excluding hydrogens is 344 g/mol. The lowest BCUT2D eigenvalue weighted by Crippen LogP contribution is -2.46. The van der Waals surface area contributed by atoms with Crippen LogP contribution in [0.4, 0.5) is 0 Å². The van der Waals surface area contributed by atoms with Gasteiger partial charge in [-0.2, -0.15) is 0 Å². The van der Waals surface area contributed by atoms with Crippen LogP contribution in [0.25, 0.3) is 20.3 Å². The van der Waals surface area contributed by atoms with Crippen molar-refractivity contribution in [2.75, 3.05) is 26.3 Å². The van der Waals surface area contributed by atoms with Gasteiger partial charge in [-0.15, -0.1) is 22.7 Å². The van der Waals surface area contributed by atoms with Crippen molar-refractivity contribution in [3.63, 3.8) is 0 Å². The fraction of sp³-hybridized carbons (Fsp3) is 0.412. The third-order valence-corrected chi connectivity index (χ3v) is 5.95. The Hall–Kier alpha value is -1.70. The molecule has 126 valence electrons. The van der Waals surface area contributed by atoms with Gasteiger partial charge in [-0.3, -0.25) is 4.79 Å². The highest BCUT2D eigenvalue weighted by atomic mass is 32.1. The zero-order chi connectivity index (χ0) is 16.7. The first-order valence-electron chi connectivity index (χ1n) is 7.91. The summed E-state index contributed by atoms with van der Waals surface area (Å²) in [6, 6.07) is 4.04. The largest absolute Gasteiger partial charge is 0.483 e. The minimum absolute atomic E-state index is 0.00844. The van der Waals surface area contributed by atoms with Crippen LogP contribution in [0.2, 0.25) is 0 Å². The molecule has 5 nitrogen and oxygen atoms in total. The number of aryl methyl sites for hydroxylation is 1. The summed E-state index contributed by atoms with van der Waals surface area (Å²) in [4.78, 5) is 18.8. The van der Waals surface area contributed by atoms with E-state index in [9.17, 15) is 4.79 Å². The molecule has 24 heavy (non-hydrogen) atoms. The van der Waals surface area contributed by atoms with Crippen LogP contribution in [0.15, 0.2) is 17.5 Å². The summed E-state index contributed by atoms with van der Waals surface area (Å²) in [5.41, 5.74) is 1.03. The summed E-state index contributed by atoms with van der Waals surface area (Å²) in [6.07, 6.45) is 0.0859. The number of ether oxygens (including phenoxy) is 2. The van der Waals surface area contributed by atoms with Crippen molar-refractivity contribution < 1.29 is 14.3 Å². The highest BCUT2D eigenvalue weighted by molar-refractivity contribution is 7.21.